The monoisotopic (exact) mass is 388 g/mol. The Kier molecular flexibility index (Phi) is 4.87. The fourth-order valence-electron chi connectivity index (χ4n) is 3.71. The molecule has 0 unspecified atom stereocenters. The number of carbonyl (C=O) groups excluding carboxylic acids is 1. The number of pyridine rings is 1. The highest BCUT2D eigenvalue weighted by atomic mass is 19.3. The molecule has 0 atom stereocenters. The molecule has 4 heterocycles. The number of hydrogen-bond donors (Lipinski definition) is 0. The van der Waals surface area contributed by atoms with E-state index in [9.17, 15) is 13.6 Å². The number of furan rings is 1. The van der Waals surface area contributed by atoms with Crippen molar-refractivity contribution in [2.24, 2.45) is 5.92 Å². The lowest BCUT2D eigenvalue weighted by atomic mass is 9.99. The maximum Gasteiger partial charge on any atom is 0.264 e. The number of aromatic nitrogens is 3. The number of carbonyl (C=O) groups is 1. The zero-order valence-electron chi connectivity index (χ0n) is 15.9. The highest BCUT2D eigenvalue weighted by Crippen LogP contribution is 2.33. The van der Waals surface area contributed by atoms with E-state index < -0.39 is 6.43 Å². The predicted octanol–water partition coefficient (Wildman–Crippen LogP) is 4.20. The van der Waals surface area contributed by atoms with E-state index in [-0.39, 0.29) is 23.7 Å². The lowest BCUT2D eigenvalue weighted by Crippen LogP contribution is -2.39. The quantitative estimate of drug-likeness (QED) is 0.672. The minimum absolute atomic E-state index is 0.0179. The average Bonchev–Trinajstić information content (AvgIpc) is 3.30. The van der Waals surface area contributed by atoms with Gasteiger partial charge < -0.3 is 9.32 Å². The minimum Gasteiger partial charge on any atom is -0.463 e. The van der Waals surface area contributed by atoms with Gasteiger partial charge in [-0.2, -0.15) is 5.10 Å². The Hall–Kier alpha value is -2.77. The highest BCUT2D eigenvalue weighted by Gasteiger charge is 2.25. The van der Waals surface area contributed by atoms with E-state index in [0.29, 0.717) is 41.5 Å². The molecule has 1 fully saturated rings. The van der Waals surface area contributed by atoms with E-state index >= 15 is 0 Å². The van der Waals surface area contributed by atoms with Gasteiger partial charge in [0.2, 0.25) is 5.91 Å². The highest BCUT2D eigenvalue weighted by molar-refractivity contribution is 5.86. The van der Waals surface area contributed by atoms with Crippen LogP contribution in [0, 0.1) is 12.8 Å². The number of amides is 1. The largest absolute Gasteiger partial charge is 0.463 e. The van der Waals surface area contributed by atoms with Gasteiger partial charge in [-0.25, -0.2) is 18.4 Å². The van der Waals surface area contributed by atoms with Gasteiger partial charge in [0, 0.05) is 18.7 Å². The van der Waals surface area contributed by atoms with Crippen molar-refractivity contribution in [2.45, 2.75) is 39.7 Å². The third-order valence-corrected chi connectivity index (χ3v) is 5.34. The van der Waals surface area contributed by atoms with Crippen LogP contribution in [0.4, 0.5) is 8.78 Å². The molecule has 6 nitrogen and oxygen atoms in total. The molecule has 28 heavy (non-hydrogen) atoms. The lowest BCUT2D eigenvalue weighted by molar-refractivity contribution is -0.133. The number of likely N-dealkylation sites (tertiary alicyclic amines) is 1. The molecular weight excluding hydrogens is 366 g/mol. The normalized spacial score (nSPS) is 15.7. The van der Waals surface area contributed by atoms with Crippen LogP contribution in [0.1, 0.15) is 37.4 Å². The number of rotatable bonds is 4. The molecule has 148 valence electrons. The third kappa shape index (κ3) is 3.39. The summed E-state index contributed by atoms with van der Waals surface area (Å²) in [4.78, 5) is 19.0. The van der Waals surface area contributed by atoms with Crippen molar-refractivity contribution >= 4 is 16.9 Å². The van der Waals surface area contributed by atoms with Gasteiger partial charge in [0.15, 0.2) is 11.4 Å². The molecule has 0 radical (unpaired) electrons. The second kappa shape index (κ2) is 7.33. The fourth-order valence-corrected chi connectivity index (χ4v) is 3.71. The number of nitrogens with zero attached hydrogens (tertiary/aromatic N) is 4. The van der Waals surface area contributed by atoms with Gasteiger partial charge >= 0.3 is 0 Å². The molecule has 0 aromatic carbocycles. The van der Waals surface area contributed by atoms with Crippen molar-refractivity contribution in [2.75, 3.05) is 13.1 Å². The summed E-state index contributed by atoms with van der Waals surface area (Å²) in [5, 5.41) is 4.64. The number of aryl methyl sites for hydroxylation is 1. The molecule has 8 heteroatoms. The molecule has 1 amide bonds. The Balaban J connectivity index is 1.73. The van der Waals surface area contributed by atoms with Gasteiger partial charge in [0.05, 0.1) is 17.3 Å². The summed E-state index contributed by atoms with van der Waals surface area (Å²) < 4.78 is 34.2. The van der Waals surface area contributed by atoms with Crippen molar-refractivity contribution in [1.82, 2.24) is 19.7 Å². The molecule has 3 aromatic heterocycles. The van der Waals surface area contributed by atoms with Crippen LogP contribution in [0.25, 0.3) is 22.5 Å². The van der Waals surface area contributed by atoms with Crippen molar-refractivity contribution in [1.29, 1.82) is 0 Å². The van der Waals surface area contributed by atoms with Crippen LogP contribution in [0.5, 0.6) is 0 Å². The van der Waals surface area contributed by atoms with Gasteiger partial charge in [-0.05, 0) is 43.9 Å². The molecule has 1 aliphatic heterocycles. The Labute approximate surface area is 161 Å². The minimum atomic E-state index is -2.69. The van der Waals surface area contributed by atoms with Gasteiger partial charge in [-0.15, -0.1) is 0 Å². The SMILES string of the molecule is Cc1nn(CC(=O)N2CCC(C)CC2)c2nc(-c3ccco3)cc(C(F)F)c12. The van der Waals surface area contributed by atoms with Gasteiger partial charge in [0.1, 0.15) is 12.2 Å². The van der Waals surface area contributed by atoms with Crippen LogP contribution in [0.3, 0.4) is 0 Å². The van der Waals surface area contributed by atoms with Crippen molar-refractivity contribution in [3.05, 3.63) is 35.7 Å². The van der Waals surface area contributed by atoms with Gasteiger partial charge in [-0.3, -0.25) is 4.79 Å². The van der Waals surface area contributed by atoms with Crippen molar-refractivity contribution < 1.29 is 18.0 Å². The summed E-state index contributed by atoms with van der Waals surface area (Å²) in [5.74, 6) is 0.939. The smallest absolute Gasteiger partial charge is 0.264 e. The number of fused-ring (bicyclic) bond motifs is 1. The molecule has 1 aliphatic rings. The molecule has 0 saturated carbocycles. The number of halogens is 2. The molecule has 0 N–H and O–H groups in total. The Morgan fingerprint density at radius 3 is 2.75 bits per heavy atom. The first-order valence-electron chi connectivity index (χ1n) is 9.42. The molecule has 0 bridgehead atoms. The van der Waals surface area contributed by atoms with E-state index in [1.807, 2.05) is 4.90 Å². The third-order valence-electron chi connectivity index (χ3n) is 5.34. The van der Waals surface area contributed by atoms with E-state index in [4.69, 9.17) is 4.42 Å². The molecule has 1 saturated heterocycles. The van der Waals surface area contributed by atoms with Crippen LogP contribution in [0.2, 0.25) is 0 Å². The predicted molar refractivity (Wildman–Crippen MR) is 99.9 cm³/mol. The van der Waals surface area contributed by atoms with Gasteiger partial charge in [0.25, 0.3) is 6.43 Å². The van der Waals surface area contributed by atoms with Crippen LogP contribution in [-0.2, 0) is 11.3 Å². The maximum atomic E-state index is 13.7. The van der Waals surface area contributed by atoms with E-state index in [2.05, 4.69) is 17.0 Å². The lowest BCUT2D eigenvalue weighted by Gasteiger charge is -2.30. The van der Waals surface area contributed by atoms with Crippen LogP contribution in [-0.4, -0.2) is 38.7 Å². The first kappa shape index (κ1) is 18.6. The Morgan fingerprint density at radius 1 is 1.36 bits per heavy atom. The van der Waals surface area contributed by atoms with Crippen LogP contribution >= 0.6 is 0 Å². The number of alkyl halides is 2. The number of hydrogen-bond acceptors (Lipinski definition) is 4. The first-order valence-corrected chi connectivity index (χ1v) is 9.42. The zero-order chi connectivity index (χ0) is 19.8. The van der Waals surface area contributed by atoms with E-state index in [1.54, 1.807) is 19.1 Å². The first-order chi connectivity index (χ1) is 13.4. The van der Waals surface area contributed by atoms with Crippen LogP contribution in [0.15, 0.2) is 28.9 Å². The summed E-state index contributed by atoms with van der Waals surface area (Å²) >= 11 is 0. The summed E-state index contributed by atoms with van der Waals surface area (Å²) in [6.45, 7) is 5.25. The van der Waals surface area contributed by atoms with E-state index in [0.717, 1.165) is 12.8 Å². The van der Waals surface area contributed by atoms with Crippen molar-refractivity contribution in [3.63, 3.8) is 0 Å². The Morgan fingerprint density at radius 2 is 2.11 bits per heavy atom. The summed E-state index contributed by atoms with van der Waals surface area (Å²) in [7, 11) is 0. The molecule has 0 aliphatic carbocycles. The summed E-state index contributed by atoms with van der Waals surface area (Å²) in [6.07, 6.45) is 0.726. The maximum absolute atomic E-state index is 13.7. The summed E-state index contributed by atoms with van der Waals surface area (Å²) in [6, 6.07) is 4.67. The molecule has 4 rings (SSSR count). The molecule has 3 aromatic rings. The Bertz CT molecular complexity index is 989. The molecule has 0 spiro atoms. The topological polar surface area (TPSA) is 64.2 Å². The van der Waals surface area contributed by atoms with Crippen molar-refractivity contribution in [3.8, 4) is 11.5 Å². The number of piperidine rings is 1. The fraction of sp³-hybridized carbons (Fsp3) is 0.450. The van der Waals surface area contributed by atoms with Crippen LogP contribution < -0.4 is 0 Å². The van der Waals surface area contributed by atoms with E-state index in [1.165, 1.54) is 17.0 Å². The van der Waals surface area contributed by atoms with Gasteiger partial charge in [-0.1, -0.05) is 6.92 Å². The second-order valence-electron chi connectivity index (χ2n) is 7.38. The standard InChI is InChI=1S/C20H22F2N4O2/c1-12-5-7-25(8-6-12)17(27)11-26-20-18(13(2)24-26)14(19(21)22)10-15(23-20)16-4-3-9-28-16/h3-4,9-10,12,19H,5-8,11H2,1-2H3. The zero-order valence-corrected chi connectivity index (χ0v) is 15.9. The average molecular weight is 388 g/mol. The second-order valence-corrected chi connectivity index (χ2v) is 7.38. The summed E-state index contributed by atoms with van der Waals surface area (Å²) in [5.41, 5.74) is 0.858. The molecular formula is C20H22F2N4O2.